The highest BCUT2D eigenvalue weighted by Gasteiger charge is 2.66. The van der Waals surface area contributed by atoms with Crippen LogP contribution in [0.2, 0.25) is 0 Å². The van der Waals surface area contributed by atoms with Gasteiger partial charge in [-0.25, -0.2) is 4.79 Å². The molecule has 0 radical (unpaired) electrons. The molecule has 5 aliphatic rings. The summed E-state index contributed by atoms with van der Waals surface area (Å²) in [6, 6.07) is 26.3. The van der Waals surface area contributed by atoms with Crippen LogP contribution in [0.1, 0.15) is 65.0 Å². The molecule has 3 aromatic rings. The Hall–Kier alpha value is -4.37. The number of nitrogens with zero attached hydrogens (tertiary/aromatic N) is 2. The first kappa shape index (κ1) is 24.7. The SMILES string of the molecule is CCOC1=C[C@@H]2c3ccccc3[C@@]1(C(=O)N1CCC[C@H]1C(=O)OC)C1c3ccccc3C2(C#N)c2ccccc21. The lowest BCUT2D eigenvalue weighted by Crippen LogP contribution is -2.60. The molecule has 0 unspecified atom stereocenters. The molecule has 4 aliphatic carbocycles. The van der Waals surface area contributed by atoms with Crippen LogP contribution < -0.4 is 0 Å². The number of carbonyl (C=O) groups is 2. The maximum Gasteiger partial charge on any atom is 0.328 e. The number of ether oxygens (including phenoxy) is 2. The van der Waals surface area contributed by atoms with Crippen molar-refractivity contribution >= 4 is 11.9 Å². The lowest BCUT2D eigenvalue weighted by atomic mass is 9.45. The molecule has 1 heterocycles. The zero-order valence-corrected chi connectivity index (χ0v) is 22.6. The lowest BCUT2D eigenvalue weighted by molar-refractivity contribution is -0.153. The summed E-state index contributed by atoms with van der Waals surface area (Å²) in [7, 11) is 1.37. The molecule has 6 nitrogen and oxygen atoms in total. The Kier molecular flexibility index (Phi) is 5.44. The number of likely N-dealkylation sites (tertiary alicyclic amines) is 1. The molecule has 0 saturated carbocycles. The van der Waals surface area contributed by atoms with Crippen LogP contribution in [0, 0.1) is 11.3 Å². The number of hydrogen-bond acceptors (Lipinski definition) is 5. The number of rotatable bonds is 4. The molecule has 3 atom stereocenters. The largest absolute Gasteiger partial charge is 0.497 e. The van der Waals surface area contributed by atoms with Crippen molar-refractivity contribution in [1.82, 2.24) is 4.90 Å². The van der Waals surface area contributed by atoms with Gasteiger partial charge in [0.05, 0.1) is 19.8 Å². The summed E-state index contributed by atoms with van der Waals surface area (Å²) < 4.78 is 11.6. The molecule has 8 rings (SSSR count). The summed E-state index contributed by atoms with van der Waals surface area (Å²) in [5.74, 6) is -0.840. The van der Waals surface area contributed by atoms with Crippen LogP contribution in [0.3, 0.4) is 0 Å². The van der Waals surface area contributed by atoms with Crippen molar-refractivity contribution in [2.45, 2.75) is 48.5 Å². The highest BCUT2D eigenvalue weighted by molar-refractivity contribution is 5.99. The first-order chi connectivity index (χ1) is 19.5. The molecule has 0 aromatic heterocycles. The molecule has 0 N–H and O–H groups in total. The Morgan fingerprint density at radius 3 is 2.15 bits per heavy atom. The summed E-state index contributed by atoms with van der Waals surface area (Å²) in [6.07, 6.45) is 3.31. The summed E-state index contributed by atoms with van der Waals surface area (Å²) in [6.45, 7) is 2.75. The van der Waals surface area contributed by atoms with Crippen LogP contribution in [0.5, 0.6) is 0 Å². The van der Waals surface area contributed by atoms with E-state index in [1.165, 1.54) is 7.11 Å². The Labute approximate surface area is 233 Å². The third-order valence-corrected chi connectivity index (χ3v) is 9.52. The van der Waals surface area contributed by atoms with Crippen LogP contribution in [0.15, 0.2) is 84.6 Å². The van der Waals surface area contributed by atoms with E-state index in [-0.39, 0.29) is 11.8 Å². The van der Waals surface area contributed by atoms with Gasteiger partial charge in [-0.2, -0.15) is 5.26 Å². The van der Waals surface area contributed by atoms with E-state index < -0.39 is 28.8 Å². The third-order valence-electron chi connectivity index (χ3n) is 9.52. The van der Waals surface area contributed by atoms with E-state index >= 15 is 4.79 Å². The first-order valence-corrected chi connectivity index (χ1v) is 14.0. The van der Waals surface area contributed by atoms with Crippen LogP contribution >= 0.6 is 0 Å². The highest BCUT2D eigenvalue weighted by atomic mass is 16.5. The van der Waals surface area contributed by atoms with Crippen molar-refractivity contribution < 1.29 is 19.1 Å². The fraction of sp³-hybridized carbons (Fsp3) is 0.324. The normalized spacial score (nSPS) is 28.8. The zero-order valence-electron chi connectivity index (χ0n) is 22.6. The van der Waals surface area contributed by atoms with E-state index in [1.807, 2.05) is 73.7 Å². The zero-order chi connectivity index (χ0) is 27.6. The lowest BCUT2D eigenvalue weighted by Gasteiger charge is -2.56. The number of methoxy groups -OCH3 is 1. The van der Waals surface area contributed by atoms with Gasteiger partial charge in [0.15, 0.2) is 0 Å². The van der Waals surface area contributed by atoms with E-state index in [4.69, 9.17) is 9.47 Å². The van der Waals surface area contributed by atoms with Crippen LogP contribution in [0.4, 0.5) is 0 Å². The monoisotopic (exact) mass is 530 g/mol. The van der Waals surface area contributed by atoms with Gasteiger partial charge in [-0.3, -0.25) is 4.79 Å². The second kappa shape index (κ2) is 8.82. The predicted octanol–water partition coefficient (Wildman–Crippen LogP) is 5.07. The van der Waals surface area contributed by atoms with Crippen LogP contribution in [0.25, 0.3) is 0 Å². The summed E-state index contributed by atoms with van der Waals surface area (Å²) in [5, 5.41) is 11.2. The van der Waals surface area contributed by atoms with Gasteiger partial charge in [0.25, 0.3) is 0 Å². The van der Waals surface area contributed by atoms with Crippen LogP contribution in [-0.4, -0.2) is 43.1 Å². The van der Waals surface area contributed by atoms with Gasteiger partial charge in [-0.05, 0) is 59.2 Å². The predicted molar refractivity (Wildman–Crippen MR) is 148 cm³/mol. The number of esters is 1. The quantitative estimate of drug-likeness (QED) is 0.440. The topological polar surface area (TPSA) is 79.6 Å². The molecular weight excluding hydrogens is 500 g/mol. The molecule has 4 bridgehead atoms. The fourth-order valence-electron chi connectivity index (χ4n) is 8.09. The fourth-order valence-corrected chi connectivity index (χ4v) is 8.09. The van der Waals surface area contributed by atoms with Crippen molar-refractivity contribution in [2.75, 3.05) is 20.3 Å². The number of amides is 1. The molecule has 1 saturated heterocycles. The second-order valence-electron chi connectivity index (χ2n) is 11.0. The molecule has 1 amide bonds. The molecule has 40 heavy (non-hydrogen) atoms. The third kappa shape index (κ3) is 2.82. The molecular formula is C34H30N2O4. The van der Waals surface area contributed by atoms with Crippen molar-refractivity contribution in [3.05, 3.63) is 118 Å². The molecule has 3 aromatic carbocycles. The average Bonchev–Trinajstić information content (AvgIpc) is 3.49. The molecule has 1 aliphatic heterocycles. The van der Waals surface area contributed by atoms with Gasteiger partial charge in [0.2, 0.25) is 5.91 Å². The van der Waals surface area contributed by atoms with Gasteiger partial charge in [0, 0.05) is 18.4 Å². The smallest absolute Gasteiger partial charge is 0.328 e. The van der Waals surface area contributed by atoms with Crippen molar-refractivity contribution in [2.24, 2.45) is 0 Å². The Morgan fingerprint density at radius 2 is 1.55 bits per heavy atom. The summed E-state index contributed by atoms with van der Waals surface area (Å²) in [5.41, 5.74) is 3.29. The van der Waals surface area contributed by atoms with Crippen molar-refractivity contribution in [3.8, 4) is 6.07 Å². The molecule has 6 heteroatoms. The minimum atomic E-state index is -1.27. The number of hydrogen-bond donors (Lipinski definition) is 0. The number of allylic oxidation sites excluding steroid dienone is 1. The minimum absolute atomic E-state index is 0.160. The molecule has 0 spiro atoms. The maximum atomic E-state index is 15.4. The van der Waals surface area contributed by atoms with Gasteiger partial charge in [-0.15, -0.1) is 0 Å². The van der Waals surface area contributed by atoms with E-state index in [0.29, 0.717) is 25.3 Å². The standard InChI is InChI=1S/C34H30N2O4/c1-3-40-29-19-27-21-11-4-9-16-26(21)34(29,32(38)36-18-10-17-28(36)31(37)39-2)30-22-12-5-7-14-24(22)33(27,20-35)25-15-8-6-13-23(25)30/h4-9,11-16,19,27-28,30H,3,10,17-18H2,1-2H3/t27-,28+,30?,33?,34+/m1/s1. The number of carbonyl (C=O) groups excluding carboxylic acids is 2. The van der Waals surface area contributed by atoms with E-state index in [0.717, 1.165) is 39.8 Å². The summed E-state index contributed by atoms with van der Waals surface area (Å²) in [4.78, 5) is 30.1. The number of benzene rings is 3. The van der Waals surface area contributed by atoms with Gasteiger partial charge < -0.3 is 14.4 Å². The van der Waals surface area contributed by atoms with Gasteiger partial charge >= 0.3 is 5.97 Å². The second-order valence-corrected chi connectivity index (χ2v) is 11.0. The van der Waals surface area contributed by atoms with Gasteiger partial charge in [0.1, 0.15) is 22.6 Å². The average molecular weight is 531 g/mol. The van der Waals surface area contributed by atoms with E-state index in [9.17, 15) is 10.1 Å². The minimum Gasteiger partial charge on any atom is -0.497 e. The maximum absolute atomic E-state index is 15.4. The van der Waals surface area contributed by atoms with Crippen molar-refractivity contribution in [3.63, 3.8) is 0 Å². The molecule has 1 fully saturated rings. The summed E-state index contributed by atoms with van der Waals surface area (Å²) >= 11 is 0. The van der Waals surface area contributed by atoms with E-state index in [2.05, 4.69) is 18.2 Å². The Morgan fingerprint density at radius 1 is 0.950 bits per heavy atom. The van der Waals surface area contributed by atoms with E-state index in [1.54, 1.807) is 4.90 Å². The number of nitriles is 1. The Bertz CT molecular complexity index is 1590. The first-order valence-electron chi connectivity index (χ1n) is 14.0. The highest BCUT2D eigenvalue weighted by Crippen LogP contribution is 2.66. The Balaban J connectivity index is 1.64. The van der Waals surface area contributed by atoms with Gasteiger partial charge in [-0.1, -0.05) is 72.8 Å². The van der Waals surface area contributed by atoms with Crippen molar-refractivity contribution in [1.29, 1.82) is 5.26 Å². The van der Waals surface area contributed by atoms with Crippen LogP contribution in [-0.2, 0) is 29.9 Å². The molecule has 200 valence electrons.